The number of amides is 1. The fourth-order valence-electron chi connectivity index (χ4n) is 5.47. The second-order valence-electron chi connectivity index (χ2n) is 10.3. The fourth-order valence-corrected chi connectivity index (χ4v) is 5.75. The topological polar surface area (TPSA) is 133 Å². The van der Waals surface area contributed by atoms with E-state index in [4.69, 9.17) is 16.3 Å². The minimum absolute atomic E-state index is 0.0337. The van der Waals surface area contributed by atoms with Crippen LogP contribution in [0.25, 0.3) is 32.9 Å². The van der Waals surface area contributed by atoms with Crippen molar-refractivity contribution in [2.75, 3.05) is 31.1 Å². The Morgan fingerprint density at radius 2 is 2.05 bits per heavy atom. The number of nitrogens with zero attached hydrogens (tertiary/aromatic N) is 8. The van der Waals surface area contributed by atoms with E-state index in [1.807, 2.05) is 23.9 Å². The van der Waals surface area contributed by atoms with Crippen LogP contribution in [0.15, 0.2) is 48.9 Å². The molecule has 1 aliphatic heterocycles. The standard InChI is InChI=1S/C30H25ClF2N8O3/c1-39-11-10-35-22(39)8-14-44-29-37-27-20(28(38-29)40-12-13-41(30(42)43)18(16-40)7-9-34)15-36-26(25(27)33)19-4-2-3-17-5-6-21(32)24(31)23(17)19/h2-6,10-11,15,18H,7-8,12-14,16H2,1H3,(H,42,43)/t18-/m0/s1. The molecule has 0 saturated carbocycles. The molecule has 5 aromatic rings. The van der Waals surface area contributed by atoms with Gasteiger partial charge in [0.05, 0.1) is 35.5 Å². The molecule has 11 nitrogen and oxygen atoms in total. The Kier molecular flexibility index (Phi) is 7.84. The third-order valence-corrected chi connectivity index (χ3v) is 8.04. The summed E-state index contributed by atoms with van der Waals surface area (Å²) >= 11 is 6.33. The molecule has 0 spiro atoms. The predicted octanol–water partition coefficient (Wildman–Crippen LogP) is 5.21. The number of carboxylic acid groups (broad SMARTS) is 1. The molecule has 0 radical (unpaired) electrons. The van der Waals surface area contributed by atoms with Crippen LogP contribution in [0.2, 0.25) is 5.02 Å². The number of pyridine rings is 1. The Morgan fingerprint density at radius 1 is 1.20 bits per heavy atom. The largest absolute Gasteiger partial charge is 0.465 e. The SMILES string of the molecule is Cn1ccnc1CCOc1nc(N2CCN(C(=O)O)[C@@H](CC#N)C2)c2cnc(-c3cccc4ccc(F)c(Cl)c34)c(F)c2n1. The van der Waals surface area contributed by atoms with E-state index in [9.17, 15) is 19.6 Å². The molecule has 1 amide bonds. The lowest BCUT2D eigenvalue weighted by atomic mass is 10.0. The van der Waals surface area contributed by atoms with Crippen molar-refractivity contribution in [3.8, 4) is 23.3 Å². The maximum Gasteiger partial charge on any atom is 0.407 e. The van der Waals surface area contributed by atoms with Gasteiger partial charge in [-0.2, -0.15) is 15.2 Å². The highest BCUT2D eigenvalue weighted by Gasteiger charge is 2.32. The molecule has 0 unspecified atom stereocenters. The first kappa shape index (κ1) is 29.0. The lowest BCUT2D eigenvalue weighted by Crippen LogP contribution is -2.55. The number of piperazine rings is 1. The second kappa shape index (κ2) is 11.9. The van der Waals surface area contributed by atoms with Gasteiger partial charge in [0.2, 0.25) is 0 Å². The zero-order chi connectivity index (χ0) is 31.0. The number of hydrogen-bond donors (Lipinski definition) is 1. The molecule has 224 valence electrons. The lowest BCUT2D eigenvalue weighted by Gasteiger charge is -2.39. The van der Waals surface area contributed by atoms with E-state index in [2.05, 4.69) is 19.9 Å². The zero-order valence-corrected chi connectivity index (χ0v) is 24.2. The molecule has 1 fully saturated rings. The van der Waals surface area contributed by atoms with E-state index >= 15 is 4.39 Å². The van der Waals surface area contributed by atoms with Gasteiger partial charge in [-0.25, -0.2) is 18.6 Å². The van der Waals surface area contributed by atoms with Crippen molar-refractivity contribution >= 4 is 45.2 Å². The molecule has 4 heterocycles. The van der Waals surface area contributed by atoms with Crippen LogP contribution in [0.1, 0.15) is 12.2 Å². The van der Waals surface area contributed by atoms with Gasteiger partial charge in [0, 0.05) is 62.6 Å². The van der Waals surface area contributed by atoms with Crippen LogP contribution in [0.3, 0.4) is 0 Å². The molecule has 44 heavy (non-hydrogen) atoms. The fraction of sp³-hybridized carbons (Fsp3) is 0.267. The Hall–Kier alpha value is -5.09. The number of ether oxygens (including phenoxy) is 1. The van der Waals surface area contributed by atoms with Crippen molar-refractivity contribution in [3.63, 3.8) is 0 Å². The van der Waals surface area contributed by atoms with Crippen molar-refractivity contribution in [3.05, 3.63) is 71.4 Å². The van der Waals surface area contributed by atoms with Crippen LogP contribution in [0, 0.1) is 23.0 Å². The second-order valence-corrected chi connectivity index (χ2v) is 10.6. The molecule has 1 aliphatic rings. The number of aryl methyl sites for hydroxylation is 1. The smallest absolute Gasteiger partial charge is 0.407 e. The van der Waals surface area contributed by atoms with Gasteiger partial charge in [-0.3, -0.25) is 4.98 Å². The highest BCUT2D eigenvalue weighted by Crippen LogP contribution is 2.38. The molecule has 0 bridgehead atoms. The Labute approximate surface area is 254 Å². The number of fused-ring (bicyclic) bond motifs is 2. The van der Waals surface area contributed by atoms with Gasteiger partial charge in [0.25, 0.3) is 0 Å². The quantitative estimate of drug-likeness (QED) is 0.261. The van der Waals surface area contributed by atoms with Gasteiger partial charge in [0.15, 0.2) is 5.82 Å². The van der Waals surface area contributed by atoms with Crippen LogP contribution in [0.4, 0.5) is 19.4 Å². The Morgan fingerprint density at radius 3 is 2.80 bits per heavy atom. The molecule has 0 aliphatic carbocycles. The van der Waals surface area contributed by atoms with E-state index in [0.717, 1.165) is 5.82 Å². The Bertz CT molecular complexity index is 1950. The van der Waals surface area contributed by atoms with E-state index in [1.54, 1.807) is 35.4 Å². The van der Waals surface area contributed by atoms with Crippen LogP contribution in [-0.2, 0) is 13.5 Å². The van der Waals surface area contributed by atoms with E-state index < -0.39 is 23.8 Å². The predicted molar refractivity (Wildman–Crippen MR) is 159 cm³/mol. The van der Waals surface area contributed by atoms with Crippen molar-refractivity contribution in [2.45, 2.75) is 18.9 Å². The molecule has 6 rings (SSSR count). The number of rotatable bonds is 7. The van der Waals surface area contributed by atoms with E-state index in [0.29, 0.717) is 17.2 Å². The molecule has 3 aromatic heterocycles. The molecule has 1 N–H and O–H groups in total. The number of benzene rings is 2. The first-order chi connectivity index (χ1) is 21.3. The minimum Gasteiger partial charge on any atom is -0.465 e. The number of imidazole rings is 1. The summed E-state index contributed by atoms with van der Waals surface area (Å²) in [5.41, 5.74) is 0.110. The van der Waals surface area contributed by atoms with Crippen molar-refractivity contribution in [2.24, 2.45) is 7.05 Å². The number of hydrogen-bond acceptors (Lipinski definition) is 8. The summed E-state index contributed by atoms with van der Waals surface area (Å²) in [7, 11) is 1.86. The molecule has 1 saturated heterocycles. The first-order valence-electron chi connectivity index (χ1n) is 13.7. The zero-order valence-electron chi connectivity index (χ0n) is 23.4. The Balaban J connectivity index is 1.46. The normalized spacial score (nSPS) is 15.1. The minimum atomic E-state index is -1.13. The maximum atomic E-state index is 16.5. The third-order valence-electron chi connectivity index (χ3n) is 7.67. The van der Waals surface area contributed by atoms with Gasteiger partial charge >= 0.3 is 12.1 Å². The summed E-state index contributed by atoms with van der Waals surface area (Å²) in [6, 6.07) is 9.16. The van der Waals surface area contributed by atoms with Crippen LogP contribution in [-0.4, -0.2) is 72.9 Å². The number of halogens is 3. The molecular weight excluding hydrogens is 594 g/mol. The summed E-state index contributed by atoms with van der Waals surface area (Å²) < 4.78 is 38.7. The third kappa shape index (κ3) is 5.28. The van der Waals surface area contributed by atoms with Gasteiger partial charge < -0.3 is 24.2 Å². The summed E-state index contributed by atoms with van der Waals surface area (Å²) in [4.78, 5) is 32.5. The van der Waals surface area contributed by atoms with Crippen molar-refractivity contribution in [1.29, 1.82) is 5.26 Å². The van der Waals surface area contributed by atoms with Crippen molar-refractivity contribution in [1.82, 2.24) is 29.4 Å². The molecule has 2 aromatic carbocycles. The van der Waals surface area contributed by atoms with E-state index in [1.165, 1.54) is 17.2 Å². The van der Waals surface area contributed by atoms with E-state index in [-0.39, 0.29) is 71.7 Å². The van der Waals surface area contributed by atoms with Gasteiger partial charge in [0.1, 0.15) is 28.7 Å². The monoisotopic (exact) mass is 618 g/mol. The number of nitriles is 1. The highest BCUT2D eigenvalue weighted by molar-refractivity contribution is 6.36. The summed E-state index contributed by atoms with van der Waals surface area (Å²) in [5, 5.41) is 20.0. The number of anilines is 1. The summed E-state index contributed by atoms with van der Waals surface area (Å²) in [5.74, 6) is -0.373. The molecule has 1 atom stereocenters. The van der Waals surface area contributed by atoms with Gasteiger partial charge in [-0.15, -0.1) is 0 Å². The average Bonchev–Trinajstić information content (AvgIpc) is 3.43. The summed E-state index contributed by atoms with van der Waals surface area (Å²) in [6.45, 7) is 0.628. The number of carbonyl (C=O) groups is 1. The average molecular weight is 619 g/mol. The molecular formula is C30H25ClF2N8O3. The summed E-state index contributed by atoms with van der Waals surface area (Å²) in [6.07, 6.45) is 4.18. The van der Waals surface area contributed by atoms with Crippen LogP contribution < -0.4 is 9.64 Å². The van der Waals surface area contributed by atoms with Crippen LogP contribution >= 0.6 is 11.6 Å². The van der Waals surface area contributed by atoms with Crippen LogP contribution in [0.5, 0.6) is 6.01 Å². The maximum absolute atomic E-state index is 16.5. The molecule has 14 heteroatoms. The highest BCUT2D eigenvalue weighted by atomic mass is 35.5. The first-order valence-corrected chi connectivity index (χ1v) is 14.1. The van der Waals surface area contributed by atoms with Gasteiger partial charge in [-0.1, -0.05) is 35.9 Å². The van der Waals surface area contributed by atoms with Crippen molar-refractivity contribution < 1.29 is 23.4 Å². The lowest BCUT2D eigenvalue weighted by molar-refractivity contribution is 0.119. The van der Waals surface area contributed by atoms with Gasteiger partial charge in [-0.05, 0) is 11.5 Å². The number of aromatic nitrogens is 5.